The second kappa shape index (κ2) is 5.98. The molecule has 0 amide bonds. The van der Waals surface area contributed by atoms with Gasteiger partial charge >= 0.3 is 0 Å². The van der Waals surface area contributed by atoms with Crippen LogP contribution < -0.4 is 4.74 Å². The highest BCUT2D eigenvalue weighted by Crippen LogP contribution is 2.16. The predicted octanol–water partition coefficient (Wildman–Crippen LogP) is 3.27. The predicted molar refractivity (Wildman–Crippen MR) is 64.4 cm³/mol. The Morgan fingerprint density at radius 2 is 2.00 bits per heavy atom. The van der Waals surface area contributed by atoms with Crippen LogP contribution in [0.5, 0.6) is 11.5 Å². The molecule has 0 atom stereocenters. The van der Waals surface area contributed by atoms with Gasteiger partial charge in [-0.15, -0.1) is 0 Å². The molecule has 4 heteroatoms. The van der Waals surface area contributed by atoms with Gasteiger partial charge in [0.25, 0.3) is 0 Å². The average Bonchev–Trinajstić information content (AvgIpc) is 2.18. The van der Waals surface area contributed by atoms with Gasteiger partial charge in [-0.3, -0.25) is 0 Å². The van der Waals surface area contributed by atoms with Crippen LogP contribution in [-0.4, -0.2) is 15.5 Å². The third kappa shape index (κ3) is 4.07. The van der Waals surface area contributed by atoms with Gasteiger partial charge < -0.3 is 9.84 Å². The molecule has 0 fully saturated rings. The molecule has 0 bridgehead atoms. The van der Waals surface area contributed by atoms with E-state index in [1.165, 1.54) is 0 Å². The van der Waals surface area contributed by atoms with Crippen molar-refractivity contribution in [2.45, 2.75) is 12.8 Å². The fourth-order valence-electron chi connectivity index (χ4n) is 0.908. The fraction of sp³-hybridized carbons (Fsp3) is 0.300. The van der Waals surface area contributed by atoms with Gasteiger partial charge in [-0.05, 0) is 42.9 Å². The number of thiocarbonyl (C=S) groups is 1. The lowest BCUT2D eigenvalue weighted by Gasteiger charge is -2.05. The molecular formula is C10H11BrO2S. The van der Waals surface area contributed by atoms with Crippen LogP contribution in [0.2, 0.25) is 0 Å². The second-order valence-electron chi connectivity index (χ2n) is 2.76. The van der Waals surface area contributed by atoms with E-state index in [1.54, 1.807) is 24.3 Å². The maximum atomic E-state index is 9.04. The summed E-state index contributed by atoms with van der Waals surface area (Å²) >= 11 is 8.35. The summed E-state index contributed by atoms with van der Waals surface area (Å²) < 4.78 is 5.37. The lowest BCUT2D eigenvalue weighted by molar-refractivity contribution is 0.472. The smallest absolute Gasteiger partial charge is 0.167 e. The summed E-state index contributed by atoms with van der Waals surface area (Å²) in [7, 11) is 0. The van der Waals surface area contributed by atoms with Crippen molar-refractivity contribution in [3.8, 4) is 11.5 Å². The number of halogens is 1. The molecule has 0 aliphatic carbocycles. The molecule has 0 radical (unpaired) electrons. The van der Waals surface area contributed by atoms with E-state index < -0.39 is 0 Å². The molecule has 0 saturated heterocycles. The molecule has 0 aliphatic rings. The number of aromatic hydroxyl groups is 1. The van der Waals surface area contributed by atoms with Crippen LogP contribution in [0.25, 0.3) is 0 Å². The van der Waals surface area contributed by atoms with E-state index in [1.807, 2.05) is 0 Å². The van der Waals surface area contributed by atoms with Gasteiger partial charge in [0.1, 0.15) is 11.5 Å². The lowest BCUT2D eigenvalue weighted by atomic mass is 10.3. The van der Waals surface area contributed by atoms with Crippen molar-refractivity contribution in [3.63, 3.8) is 0 Å². The molecule has 0 spiro atoms. The Kier molecular flexibility index (Phi) is 4.90. The number of benzene rings is 1. The number of alkyl halides is 1. The number of hydrogen-bond acceptors (Lipinski definition) is 3. The molecule has 0 heterocycles. The molecule has 76 valence electrons. The molecule has 2 nitrogen and oxygen atoms in total. The molecule has 0 aliphatic heterocycles. The third-order valence-electron chi connectivity index (χ3n) is 1.58. The maximum Gasteiger partial charge on any atom is 0.167 e. The van der Waals surface area contributed by atoms with Crippen molar-refractivity contribution in [2.24, 2.45) is 0 Å². The first-order valence-electron chi connectivity index (χ1n) is 4.28. The second-order valence-corrected chi connectivity index (χ2v) is 4.01. The van der Waals surface area contributed by atoms with Crippen molar-refractivity contribution >= 4 is 33.2 Å². The van der Waals surface area contributed by atoms with Crippen molar-refractivity contribution < 1.29 is 9.84 Å². The van der Waals surface area contributed by atoms with Crippen LogP contribution in [0.1, 0.15) is 12.8 Å². The summed E-state index contributed by atoms with van der Waals surface area (Å²) in [5, 5.41) is 10.5. The third-order valence-corrected chi connectivity index (χ3v) is 2.43. The number of ether oxygens (including phenoxy) is 1. The number of hydrogen-bond donors (Lipinski definition) is 1. The van der Waals surface area contributed by atoms with Gasteiger partial charge in [-0.2, -0.15) is 0 Å². The van der Waals surface area contributed by atoms with Gasteiger partial charge in [-0.1, -0.05) is 15.9 Å². The Hall–Kier alpha value is -0.610. The number of rotatable bonds is 4. The zero-order valence-corrected chi connectivity index (χ0v) is 9.97. The van der Waals surface area contributed by atoms with E-state index in [4.69, 9.17) is 22.1 Å². The van der Waals surface area contributed by atoms with Crippen molar-refractivity contribution in [3.05, 3.63) is 24.3 Å². The van der Waals surface area contributed by atoms with E-state index in [-0.39, 0.29) is 5.75 Å². The zero-order valence-electron chi connectivity index (χ0n) is 7.57. The molecule has 0 aromatic heterocycles. The Morgan fingerprint density at radius 3 is 2.57 bits per heavy atom. The van der Waals surface area contributed by atoms with E-state index >= 15 is 0 Å². The van der Waals surface area contributed by atoms with Crippen LogP contribution in [0, 0.1) is 0 Å². The van der Waals surface area contributed by atoms with E-state index in [0.717, 1.165) is 18.2 Å². The summed E-state index contributed by atoms with van der Waals surface area (Å²) in [6.07, 6.45) is 1.73. The highest BCUT2D eigenvalue weighted by atomic mass is 79.9. The first kappa shape index (κ1) is 11.5. The minimum Gasteiger partial charge on any atom is -0.508 e. The van der Waals surface area contributed by atoms with E-state index in [2.05, 4.69) is 15.9 Å². The number of phenolic OH excluding ortho intramolecular Hbond substituents is 1. The van der Waals surface area contributed by atoms with Crippen molar-refractivity contribution in [2.75, 3.05) is 5.33 Å². The van der Waals surface area contributed by atoms with Crippen molar-refractivity contribution in [1.29, 1.82) is 0 Å². The monoisotopic (exact) mass is 274 g/mol. The minimum atomic E-state index is 0.226. The molecule has 1 rings (SSSR count). The standard InChI is InChI=1S/C10H11BrO2S/c11-7-1-2-10(14)13-9-5-3-8(12)4-6-9/h3-6,12H,1-2,7H2. The van der Waals surface area contributed by atoms with Crippen LogP contribution in [-0.2, 0) is 0 Å². The van der Waals surface area contributed by atoms with Crippen LogP contribution >= 0.6 is 28.1 Å². The molecule has 1 N–H and O–H groups in total. The molecule has 0 saturated carbocycles. The zero-order chi connectivity index (χ0) is 10.4. The van der Waals surface area contributed by atoms with Gasteiger partial charge in [0.2, 0.25) is 0 Å². The largest absolute Gasteiger partial charge is 0.508 e. The molecule has 14 heavy (non-hydrogen) atoms. The molecule has 1 aromatic carbocycles. The van der Waals surface area contributed by atoms with Crippen LogP contribution in [0.3, 0.4) is 0 Å². The van der Waals surface area contributed by atoms with E-state index in [9.17, 15) is 0 Å². The van der Waals surface area contributed by atoms with E-state index in [0.29, 0.717) is 10.8 Å². The minimum absolute atomic E-state index is 0.226. The highest BCUT2D eigenvalue weighted by Gasteiger charge is 1.99. The van der Waals surface area contributed by atoms with Gasteiger partial charge in [0.15, 0.2) is 5.05 Å². The van der Waals surface area contributed by atoms with Crippen LogP contribution in [0.15, 0.2) is 24.3 Å². The quantitative estimate of drug-likeness (QED) is 0.675. The summed E-state index contributed by atoms with van der Waals surface area (Å²) in [6.45, 7) is 0. The lowest BCUT2D eigenvalue weighted by Crippen LogP contribution is -2.04. The van der Waals surface area contributed by atoms with Crippen molar-refractivity contribution in [1.82, 2.24) is 0 Å². The summed E-state index contributed by atoms with van der Waals surface area (Å²) in [6, 6.07) is 6.52. The molecule has 0 unspecified atom stereocenters. The normalized spacial score (nSPS) is 9.79. The topological polar surface area (TPSA) is 29.5 Å². The number of phenols is 1. The molecule has 1 aromatic rings. The Bertz CT molecular complexity index is 297. The maximum absolute atomic E-state index is 9.04. The SMILES string of the molecule is Oc1ccc(OC(=S)CCCBr)cc1. The fourth-order valence-corrected chi connectivity index (χ4v) is 1.43. The highest BCUT2D eigenvalue weighted by molar-refractivity contribution is 9.09. The summed E-state index contributed by atoms with van der Waals surface area (Å²) in [5.74, 6) is 0.895. The van der Waals surface area contributed by atoms with Gasteiger partial charge in [0.05, 0.1) is 0 Å². The first-order valence-corrected chi connectivity index (χ1v) is 5.81. The average molecular weight is 275 g/mol. The first-order chi connectivity index (χ1) is 6.72. The van der Waals surface area contributed by atoms with Gasteiger partial charge in [-0.25, -0.2) is 0 Å². The Balaban J connectivity index is 2.44. The Labute approximate surface area is 97.0 Å². The Morgan fingerprint density at radius 1 is 1.36 bits per heavy atom. The molecular weight excluding hydrogens is 264 g/mol. The van der Waals surface area contributed by atoms with Crippen LogP contribution in [0.4, 0.5) is 0 Å². The van der Waals surface area contributed by atoms with Gasteiger partial charge in [0, 0.05) is 11.8 Å². The summed E-state index contributed by atoms with van der Waals surface area (Å²) in [5.41, 5.74) is 0. The summed E-state index contributed by atoms with van der Waals surface area (Å²) in [4.78, 5) is 0.